The first kappa shape index (κ1) is 23.5. The summed E-state index contributed by atoms with van der Waals surface area (Å²) in [7, 11) is 0. The van der Waals surface area contributed by atoms with Crippen LogP contribution >= 0.6 is 0 Å². The highest BCUT2D eigenvalue weighted by molar-refractivity contribution is 5.12. The molecule has 0 radical (unpaired) electrons. The molecule has 0 aromatic carbocycles. The van der Waals surface area contributed by atoms with Gasteiger partial charge in [-0.05, 0) is 20.3 Å². The van der Waals surface area contributed by atoms with Crippen LogP contribution in [0.2, 0.25) is 0 Å². The van der Waals surface area contributed by atoms with E-state index in [0.29, 0.717) is 0 Å². The van der Waals surface area contributed by atoms with Gasteiger partial charge in [0.2, 0.25) is 0 Å². The monoisotopic (exact) mass is 335 g/mol. The second kappa shape index (κ2) is 17.3. The van der Waals surface area contributed by atoms with Gasteiger partial charge in [0, 0.05) is 0 Å². The van der Waals surface area contributed by atoms with Crippen molar-refractivity contribution in [1.82, 2.24) is 0 Å². The summed E-state index contributed by atoms with van der Waals surface area (Å²) in [6.45, 7) is 6.21. The molecule has 24 heavy (non-hydrogen) atoms. The zero-order chi connectivity index (χ0) is 17.9. The highest BCUT2D eigenvalue weighted by Crippen LogP contribution is 2.15. The third kappa shape index (κ3) is 17.9. The van der Waals surface area contributed by atoms with E-state index >= 15 is 0 Å². The van der Waals surface area contributed by atoms with Crippen molar-refractivity contribution in [3.63, 3.8) is 0 Å². The molecule has 0 aliphatic carbocycles. The molecule has 1 unspecified atom stereocenters. The topological polar surface area (TPSA) is 26.0 Å². The van der Waals surface area contributed by atoms with Crippen molar-refractivity contribution in [1.29, 1.82) is 0 Å². The van der Waals surface area contributed by atoms with Crippen molar-refractivity contribution in [2.45, 2.75) is 135 Å². The predicted octanol–water partition coefficient (Wildman–Crippen LogP) is 7.38. The maximum absolute atomic E-state index is 6.11. The van der Waals surface area contributed by atoms with Gasteiger partial charge in [-0.2, -0.15) is 0 Å². The molecular formula is C23H45N. The normalized spacial score (nSPS) is 13.3. The molecule has 2 N–H and O–H groups in total. The fourth-order valence-electron chi connectivity index (χ4n) is 3.39. The number of unbranched alkanes of at least 4 members (excludes halogenated alkanes) is 15. The fraction of sp³-hybridized carbons (Fsp3) is 0.913. The van der Waals surface area contributed by atoms with Crippen molar-refractivity contribution in [3.8, 4) is 11.8 Å². The summed E-state index contributed by atoms with van der Waals surface area (Å²) in [6.07, 6.45) is 23.7. The van der Waals surface area contributed by atoms with E-state index in [1.54, 1.807) is 0 Å². The molecule has 0 aromatic heterocycles. The standard InChI is InChI=1S/C23H45N/c1-4-6-7-8-9-10-11-12-13-14-15-16-17-18-19-20-22-23(3,24)21-5-2/h4,6-20,22,24H2,1-3H3. The van der Waals surface area contributed by atoms with E-state index in [0.717, 1.165) is 6.42 Å². The minimum Gasteiger partial charge on any atom is -0.315 e. The van der Waals surface area contributed by atoms with Crippen LogP contribution in [0.4, 0.5) is 0 Å². The van der Waals surface area contributed by atoms with Crippen molar-refractivity contribution >= 4 is 0 Å². The number of rotatable bonds is 17. The SMILES string of the molecule is CC#CC(C)(N)CCCCCCCCCCCCCCCCCC. The minimum absolute atomic E-state index is 0.273. The Morgan fingerprint density at radius 1 is 0.625 bits per heavy atom. The van der Waals surface area contributed by atoms with E-state index in [2.05, 4.69) is 25.7 Å². The molecule has 0 rings (SSSR count). The van der Waals surface area contributed by atoms with Crippen LogP contribution in [-0.2, 0) is 0 Å². The molecule has 0 aromatic rings. The number of nitrogens with two attached hydrogens (primary N) is 1. The lowest BCUT2D eigenvalue weighted by Crippen LogP contribution is -2.33. The van der Waals surface area contributed by atoms with Crippen LogP contribution in [0.15, 0.2) is 0 Å². The van der Waals surface area contributed by atoms with Crippen LogP contribution in [0.3, 0.4) is 0 Å². The maximum atomic E-state index is 6.11. The van der Waals surface area contributed by atoms with E-state index in [4.69, 9.17) is 5.73 Å². The average molecular weight is 336 g/mol. The van der Waals surface area contributed by atoms with Gasteiger partial charge in [0.15, 0.2) is 0 Å². The second-order valence-electron chi connectivity index (χ2n) is 7.85. The van der Waals surface area contributed by atoms with Crippen LogP contribution in [0.1, 0.15) is 130 Å². The van der Waals surface area contributed by atoms with Gasteiger partial charge in [-0.3, -0.25) is 0 Å². The van der Waals surface area contributed by atoms with Gasteiger partial charge in [0.25, 0.3) is 0 Å². The lowest BCUT2D eigenvalue weighted by Gasteiger charge is -2.17. The van der Waals surface area contributed by atoms with Crippen LogP contribution < -0.4 is 5.73 Å². The molecule has 0 saturated heterocycles. The van der Waals surface area contributed by atoms with Crippen LogP contribution in [0.25, 0.3) is 0 Å². The first-order valence-corrected chi connectivity index (χ1v) is 10.8. The van der Waals surface area contributed by atoms with Crippen molar-refractivity contribution < 1.29 is 0 Å². The number of hydrogen-bond donors (Lipinski definition) is 1. The highest BCUT2D eigenvalue weighted by atomic mass is 14.7. The van der Waals surface area contributed by atoms with Gasteiger partial charge in [-0.15, -0.1) is 5.92 Å². The summed E-state index contributed by atoms with van der Waals surface area (Å²) in [5.41, 5.74) is 5.84. The Hall–Kier alpha value is -0.480. The summed E-state index contributed by atoms with van der Waals surface area (Å²) in [5.74, 6) is 6.04. The molecule has 0 saturated carbocycles. The summed E-state index contributed by atoms with van der Waals surface area (Å²) < 4.78 is 0. The van der Waals surface area contributed by atoms with E-state index in [-0.39, 0.29) is 5.54 Å². The summed E-state index contributed by atoms with van der Waals surface area (Å²) in [5, 5.41) is 0. The van der Waals surface area contributed by atoms with Gasteiger partial charge in [0.1, 0.15) is 0 Å². The Bertz CT molecular complexity index is 308. The Morgan fingerprint density at radius 3 is 1.29 bits per heavy atom. The highest BCUT2D eigenvalue weighted by Gasteiger charge is 2.13. The lowest BCUT2D eigenvalue weighted by atomic mass is 9.95. The van der Waals surface area contributed by atoms with Crippen LogP contribution in [-0.4, -0.2) is 5.54 Å². The predicted molar refractivity (Wildman–Crippen MR) is 110 cm³/mol. The number of hydrogen-bond acceptors (Lipinski definition) is 1. The van der Waals surface area contributed by atoms with Crippen molar-refractivity contribution in [2.24, 2.45) is 5.73 Å². The van der Waals surface area contributed by atoms with Gasteiger partial charge in [0.05, 0.1) is 5.54 Å². The summed E-state index contributed by atoms with van der Waals surface area (Å²) in [6, 6.07) is 0. The third-order valence-corrected chi connectivity index (χ3v) is 4.96. The molecule has 0 aliphatic heterocycles. The van der Waals surface area contributed by atoms with Crippen molar-refractivity contribution in [3.05, 3.63) is 0 Å². The maximum Gasteiger partial charge on any atom is 0.0747 e. The Kier molecular flexibility index (Phi) is 17.0. The summed E-state index contributed by atoms with van der Waals surface area (Å²) in [4.78, 5) is 0. The molecule has 0 bridgehead atoms. The van der Waals surface area contributed by atoms with E-state index in [1.165, 1.54) is 103 Å². The molecule has 0 amide bonds. The molecule has 0 fully saturated rings. The van der Waals surface area contributed by atoms with Gasteiger partial charge >= 0.3 is 0 Å². The van der Waals surface area contributed by atoms with Gasteiger partial charge in [-0.25, -0.2) is 0 Å². The molecule has 0 heterocycles. The van der Waals surface area contributed by atoms with Crippen LogP contribution in [0.5, 0.6) is 0 Å². The largest absolute Gasteiger partial charge is 0.315 e. The molecule has 1 atom stereocenters. The molecule has 0 aliphatic rings. The molecular weight excluding hydrogens is 290 g/mol. The lowest BCUT2D eigenvalue weighted by molar-refractivity contribution is 0.488. The first-order valence-electron chi connectivity index (χ1n) is 10.8. The van der Waals surface area contributed by atoms with E-state index < -0.39 is 0 Å². The van der Waals surface area contributed by atoms with Crippen molar-refractivity contribution in [2.75, 3.05) is 0 Å². The van der Waals surface area contributed by atoms with E-state index in [9.17, 15) is 0 Å². The van der Waals surface area contributed by atoms with Gasteiger partial charge in [-0.1, -0.05) is 116 Å². The van der Waals surface area contributed by atoms with Gasteiger partial charge < -0.3 is 5.73 Å². The zero-order valence-corrected chi connectivity index (χ0v) is 17.1. The molecule has 1 nitrogen and oxygen atoms in total. The Morgan fingerprint density at radius 2 is 0.958 bits per heavy atom. The Balaban J connectivity index is 3.14. The molecule has 0 spiro atoms. The summed E-state index contributed by atoms with van der Waals surface area (Å²) >= 11 is 0. The average Bonchev–Trinajstić information content (AvgIpc) is 2.54. The van der Waals surface area contributed by atoms with E-state index in [1.807, 2.05) is 6.92 Å². The van der Waals surface area contributed by atoms with Crippen LogP contribution in [0, 0.1) is 11.8 Å². The minimum atomic E-state index is -0.273. The molecule has 1 heteroatoms. The first-order chi connectivity index (χ1) is 11.6. The zero-order valence-electron chi connectivity index (χ0n) is 17.1. The second-order valence-corrected chi connectivity index (χ2v) is 7.85. The Labute approximate surface area is 153 Å². The third-order valence-electron chi connectivity index (χ3n) is 4.96. The molecule has 142 valence electrons. The smallest absolute Gasteiger partial charge is 0.0747 e. The fourth-order valence-corrected chi connectivity index (χ4v) is 3.39. The quantitative estimate of drug-likeness (QED) is 0.218.